The van der Waals surface area contributed by atoms with Crippen molar-refractivity contribution in [3.05, 3.63) is 59.9 Å². The lowest BCUT2D eigenvalue weighted by Crippen LogP contribution is -2.44. The van der Waals surface area contributed by atoms with Crippen LogP contribution in [-0.2, 0) is 22.7 Å². The summed E-state index contributed by atoms with van der Waals surface area (Å²) in [5, 5.41) is 13.0. The third kappa shape index (κ3) is 5.75. The number of β-amino-alcohol motifs (C(OH)–C–C–N with tert-alkyl or cyclic N) is 1. The first-order valence-corrected chi connectivity index (χ1v) is 8.94. The van der Waals surface area contributed by atoms with Crippen molar-refractivity contribution in [1.82, 2.24) is 15.2 Å². The van der Waals surface area contributed by atoms with Crippen LogP contribution in [0.4, 0.5) is 0 Å². The van der Waals surface area contributed by atoms with Crippen molar-refractivity contribution >= 4 is 5.91 Å². The minimum absolute atomic E-state index is 0.00316. The summed E-state index contributed by atoms with van der Waals surface area (Å²) in [5.74, 6) is 0.577. The molecule has 2 heterocycles. The first-order chi connectivity index (χ1) is 13.1. The average molecular weight is 371 g/mol. The number of nitrogens with one attached hydrogen (secondary N) is 1. The second-order valence-electron chi connectivity index (χ2n) is 6.62. The molecule has 2 atom stereocenters. The third-order valence-corrected chi connectivity index (χ3v) is 4.43. The number of rotatable bonds is 8. The van der Waals surface area contributed by atoms with Crippen LogP contribution in [0.1, 0.15) is 11.3 Å². The first-order valence-electron chi connectivity index (χ1n) is 8.94. The predicted octanol–water partition coefficient (Wildman–Crippen LogP) is 0.968. The Morgan fingerprint density at radius 3 is 2.78 bits per heavy atom. The molecule has 27 heavy (non-hydrogen) atoms. The molecule has 0 saturated carbocycles. The summed E-state index contributed by atoms with van der Waals surface area (Å²) in [4.78, 5) is 18.0. The number of aliphatic hydroxyl groups is 1. The number of hydrogen-bond acceptors (Lipinski definition) is 6. The van der Waals surface area contributed by atoms with E-state index in [-0.39, 0.29) is 18.6 Å². The van der Waals surface area contributed by atoms with Crippen molar-refractivity contribution in [3.8, 4) is 5.75 Å². The largest absolute Gasteiger partial charge is 0.487 e. The van der Waals surface area contributed by atoms with Crippen LogP contribution in [0, 0.1) is 0 Å². The molecule has 0 aliphatic carbocycles. The lowest BCUT2D eigenvalue weighted by atomic mass is 10.2. The van der Waals surface area contributed by atoms with Gasteiger partial charge in [0.05, 0.1) is 17.8 Å². The van der Waals surface area contributed by atoms with Crippen LogP contribution in [0.15, 0.2) is 48.7 Å². The zero-order valence-electron chi connectivity index (χ0n) is 15.4. The minimum Gasteiger partial charge on any atom is -0.487 e. The van der Waals surface area contributed by atoms with E-state index < -0.39 is 6.10 Å². The van der Waals surface area contributed by atoms with Crippen molar-refractivity contribution < 1.29 is 19.4 Å². The van der Waals surface area contributed by atoms with Gasteiger partial charge in [0.1, 0.15) is 19.0 Å². The maximum atomic E-state index is 11.6. The highest BCUT2D eigenvalue weighted by Crippen LogP contribution is 2.18. The highest BCUT2D eigenvalue weighted by Gasteiger charge is 2.32. The third-order valence-electron chi connectivity index (χ3n) is 4.43. The van der Waals surface area contributed by atoms with E-state index in [4.69, 9.17) is 9.47 Å². The Kier molecular flexibility index (Phi) is 6.75. The predicted molar refractivity (Wildman–Crippen MR) is 100 cm³/mol. The van der Waals surface area contributed by atoms with Crippen LogP contribution in [0.2, 0.25) is 0 Å². The number of carbonyl (C=O) groups excluding carboxylic acids is 1. The van der Waals surface area contributed by atoms with Crippen molar-refractivity contribution in [1.29, 1.82) is 0 Å². The second-order valence-corrected chi connectivity index (χ2v) is 6.62. The van der Waals surface area contributed by atoms with Crippen molar-refractivity contribution in [2.75, 3.05) is 26.8 Å². The van der Waals surface area contributed by atoms with Crippen molar-refractivity contribution in [2.24, 2.45) is 0 Å². The molecular formula is C20H25N3O4. The van der Waals surface area contributed by atoms with E-state index in [1.54, 1.807) is 6.20 Å². The Balaban J connectivity index is 1.47. The monoisotopic (exact) mass is 371 g/mol. The smallest absolute Gasteiger partial charge is 0.246 e. The van der Waals surface area contributed by atoms with Crippen LogP contribution >= 0.6 is 0 Å². The molecule has 0 radical (unpaired) electrons. The summed E-state index contributed by atoms with van der Waals surface area (Å²) in [6, 6.07) is 13.4. The van der Waals surface area contributed by atoms with E-state index in [0.29, 0.717) is 26.2 Å². The maximum absolute atomic E-state index is 11.6. The topological polar surface area (TPSA) is 83.9 Å². The van der Waals surface area contributed by atoms with Gasteiger partial charge in [-0.3, -0.25) is 14.7 Å². The van der Waals surface area contributed by atoms with Crippen molar-refractivity contribution in [3.63, 3.8) is 0 Å². The molecule has 3 rings (SSSR count). The Labute approximate surface area is 158 Å². The molecule has 1 aliphatic heterocycles. The lowest BCUT2D eigenvalue weighted by Gasteiger charge is -2.17. The molecule has 1 amide bonds. The van der Waals surface area contributed by atoms with Gasteiger partial charge in [0.2, 0.25) is 5.91 Å². The number of carbonyl (C=O) groups is 1. The number of methoxy groups -OCH3 is 1. The van der Waals surface area contributed by atoms with Crippen LogP contribution in [0.3, 0.4) is 0 Å². The van der Waals surface area contributed by atoms with Crippen LogP contribution in [0.25, 0.3) is 0 Å². The van der Waals surface area contributed by atoms with Gasteiger partial charge in [-0.2, -0.15) is 0 Å². The Bertz CT molecular complexity index is 724. The van der Waals surface area contributed by atoms with Crippen LogP contribution in [-0.4, -0.2) is 59.8 Å². The Morgan fingerprint density at radius 2 is 2.07 bits per heavy atom. The number of ether oxygens (including phenoxy) is 2. The zero-order valence-corrected chi connectivity index (χ0v) is 15.4. The molecule has 144 valence electrons. The molecule has 1 aromatic carbocycles. The van der Waals surface area contributed by atoms with E-state index >= 15 is 0 Å². The van der Waals surface area contributed by atoms with Gasteiger partial charge in [-0.15, -0.1) is 0 Å². The Morgan fingerprint density at radius 1 is 1.26 bits per heavy atom. The quantitative estimate of drug-likeness (QED) is 0.719. The van der Waals surface area contributed by atoms with E-state index in [0.717, 1.165) is 17.0 Å². The number of aliphatic hydroxyl groups excluding tert-OH is 1. The fraction of sp³-hybridized carbons (Fsp3) is 0.400. The highest BCUT2D eigenvalue weighted by molar-refractivity contribution is 5.77. The van der Waals surface area contributed by atoms with Gasteiger partial charge in [0.25, 0.3) is 0 Å². The summed E-state index contributed by atoms with van der Waals surface area (Å²) < 4.78 is 10.6. The number of hydrogen-bond donors (Lipinski definition) is 2. The fourth-order valence-electron chi connectivity index (χ4n) is 3.11. The van der Waals surface area contributed by atoms with E-state index in [2.05, 4.69) is 15.2 Å². The molecule has 2 N–H and O–H groups in total. The van der Waals surface area contributed by atoms with Gasteiger partial charge in [-0.25, -0.2) is 0 Å². The molecule has 0 spiro atoms. The summed E-state index contributed by atoms with van der Waals surface area (Å²) in [6.07, 6.45) is 1.17. The molecule has 1 aliphatic rings. The number of amides is 1. The van der Waals surface area contributed by atoms with Gasteiger partial charge >= 0.3 is 0 Å². The molecule has 2 aromatic rings. The number of nitrogens with zero attached hydrogens (tertiary/aromatic N) is 2. The number of pyridine rings is 1. The molecule has 0 bridgehead atoms. The molecule has 1 fully saturated rings. The van der Waals surface area contributed by atoms with Gasteiger partial charge in [-0.05, 0) is 29.8 Å². The van der Waals surface area contributed by atoms with Gasteiger partial charge < -0.3 is 19.9 Å². The fourth-order valence-corrected chi connectivity index (χ4v) is 3.11. The van der Waals surface area contributed by atoms with Crippen molar-refractivity contribution in [2.45, 2.75) is 25.3 Å². The highest BCUT2D eigenvalue weighted by atomic mass is 16.5. The summed E-state index contributed by atoms with van der Waals surface area (Å²) >= 11 is 0. The van der Waals surface area contributed by atoms with Crippen LogP contribution in [0.5, 0.6) is 5.75 Å². The normalized spacial score (nSPS) is 19.8. The molecular weight excluding hydrogens is 346 g/mol. The molecule has 7 nitrogen and oxygen atoms in total. The Hall–Kier alpha value is -2.48. The molecule has 0 unspecified atom stereocenters. The molecule has 1 aromatic heterocycles. The average Bonchev–Trinajstić information content (AvgIpc) is 3.01. The summed E-state index contributed by atoms with van der Waals surface area (Å²) in [7, 11) is 1.47. The SMILES string of the molecule is COCC(=O)N[C@@H]1CN(Cc2ccc(OCc3ccccn3)cc2)C[C@H]1O. The molecule has 7 heteroatoms. The number of likely N-dealkylation sites (tertiary alicyclic amines) is 1. The second kappa shape index (κ2) is 9.45. The molecule has 1 saturated heterocycles. The van der Waals surface area contributed by atoms with Gasteiger partial charge in [-0.1, -0.05) is 18.2 Å². The standard InChI is InChI=1S/C20H25N3O4/c1-26-14-20(25)22-18-11-23(12-19(18)24)10-15-5-7-17(8-6-15)27-13-16-4-2-3-9-21-16/h2-9,18-19,24H,10-14H2,1H3,(H,22,25)/t18-,19-/m1/s1. The van der Waals surface area contributed by atoms with Gasteiger partial charge in [0, 0.05) is 32.9 Å². The number of aromatic nitrogens is 1. The number of benzene rings is 1. The van der Waals surface area contributed by atoms with Gasteiger partial charge in [0.15, 0.2) is 0 Å². The van der Waals surface area contributed by atoms with Crippen LogP contribution < -0.4 is 10.1 Å². The van der Waals surface area contributed by atoms with E-state index in [9.17, 15) is 9.90 Å². The zero-order chi connectivity index (χ0) is 19.1. The summed E-state index contributed by atoms with van der Waals surface area (Å²) in [5.41, 5.74) is 2.01. The lowest BCUT2D eigenvalue weighted by molar-refractivity contribution is -0.125. The summed E-state index contributed by atoms with van der Waals surface area (Å²) in [6.45, 7) is 2.27. The maximum Gasteiger partial charge on any atom is 0.246 e. The minimum atomic E-state index is -0.577. The van der Waals surface area contributed by atoms with E-state index in [1.165, 1.54) is 7.11 Å². The first kappa shape index (κ1) is 19.3. The van der Waals surface area contributed by atoms with E-state index in [1.807, 2.05) is 42.5 Å².